The maximum Gasteiger partial charge on any atom is 0.176 e. The Morgan fingerprint density at radius 2 is 0.594 bits per heavy atom. The Balaban J connectivity index is 1.62. The highest BCUT2D eigenvalue weighted by Gasteiger charge is 2.48. The molecule has 1 aliphatic rings. The van der Waals surface area contributed by atoms with Crippen LogP contribution in [0.2, 0.25) is 0 Å². The highest BCUT2D eigenvalue weighted by molar-refractivity contribution is 7.16. The molecule has 1 atom stereocenters. The van der Waals surface area contributed by atoms with Gasteiger partial charge in [-0.2, -0.15) is 0 Å². The molecule has 0 nitrogen and oxygen atoms in total. The third kappa shape index (κ3) is 9.00. The van der Waals surface area contributed by atoms with E-state index in [4.69, 9.17) is 0 Å². The molecule has 0 N–H and O–H groups in total. The van der Waals surface area contributed by atoms with Gasteiger partial charge in [0.2, 0.25) is 0 Å². The summed E-state index contributed by atoms with van der Waals surface area (Å²) in [5, 5.41) is 5.95. The monoisotopic (exact) mass is 861 g/mol. The SMILES string of the molecule is CC1=C(C)C(C)C([Si](c2cccc(-c3cc(C(C)C)cc(C(C)C)c3)c2)(c2cccc(-c3cc(C(C)C)cc(C(C)C)c3)c2)c2cccc(-c3cc(C(C)C)cc(C(C)C)c3)c2)=C1C. The van der Waals surface area contributed by atoms with Crippen LogP contribution >= 0.6 is 0 Å². The predicted octanol–water partition coefficient (Wildman–Crippen LogP) is 16.7. The summed E-state index contributed by atoms with van der Waals surface area (Å²) in [5.74, 6) is 2.96. The Hall–Kier alpha value is -4.98. The molecule has 0 saturated carbocycles. The first-order valence-electron chi connectivity index (χ1n) is 24.5. The molecule has 0 amide bonds. The van der Waals surface area contributed by atoms with Gasteiger partial charge in [-0.25, -0.2) is 0 Å². The third-order valence-electron chi connectivity index (χ3n) is 14.9. The zero-order valence-corrected chi connectivity index (χ0v) is 43.2. The Bertz CT molecular complexity index is 2390. The lowest BCUT2D eigenvalue weighted by Gasteiger charge is -2.39. The van der Waals surface area contributed by atoms with Crippen LogP contribution in [0.15, 0.2) is 149 Å². The number of rotatable bonds is 13. The molecule has 1 aliphatic carbocycles. The van der Waals surface area contributed by atoms with Crippen LogP contribution in [0.25, 0.3) is 33.4 Å². The van der Waals surface area contributed by atoms with Crippen LogP contribution in [0.5, 0.6) is 0 Å². The molecule has 0 heterocycles. The van der Waals surface area contributed by atoms with Gasteiger partial charge in [0.1, 0.15) is 0 Å². The maximum atomic E-state index is 2.61. The van der Waals surface area contributed by atoms with Gasteiger partial charge in [0, 0.05) is 0 Å². The van der Waals surface area contributed by atoms with Crippen LogP contribution in [-0.4, -0.2) is 8.07 Å². The smallest absolute Gasteiger partial charge is 0.0636 e. The van der Waals surface area contributed by atoms with Crippen LogP contribution in [-0.2, 0) is 0 Å². The van der Waals surface area contributed by atoms with E-state index in [9.17, 15) is 0 Å². The molecular weight excluding hydrogens is 785 g/mol. The summed E-state index contributed by atoms with van der Waals surface area (Å²) in [5.41, 5.74) is 20.7. The Kier molecular flexibility index (Phi) is 13.8. The second kappa shape index (κ2) is 18.9. The molecule has 7 rings (SSSR count). The van der Waals surface area contributed by atoms with E-state index in [0.29, 0.717) is 41.4 Å². The lowest BCUT2D eigenvalue weighted by atomic mass is 9.91. The Morgan fingerprint density at radius 1 is 0.328 bits per heavy atom. The van der Waals surface area contributed by atoms with Gasteiger partial charge in [0.25, 0.3) is 0 Å². The second-order valence-electron chi connectivity index (χ2n) is 21.2. The van der Waals surface area contributed by atoms with E-state index in [1.807, 2.05) is 0 Å². The van der Waals surface area contributed by atoms with Crippen LogP contribution in [0.1, 0.15) is 180 Å². The van der Waals surface area contributed by atoms with Crippen LogP contribution in [0.3, 0.4) is 0 Å². The quantitative estimate of drug-likeness (QED) is 0.0802. The molecular formula is C63H76Si. The summed E-state index contributed by atoms with van der Waals surface area (Å²) >= 11 is 0. The summed E-state index contributed by atoms with van der Waals surface area (Å²) in [6.45, 7) is 37.6. The van der Waals surface area contributed by atoms with Crippen molar-refractivity contribution in [3.8, 4) is 33.4 Å². The topological polar surface area (TPSA) is 0 Å². The average Bonchev–Trinajstić information content (AvgIpc) is 3.47. The molecule has 1 unspecified atom stereocenters. The molecule has 0 aliphatic heterocycles. The fourth-order valence-corrected chi connectivity index (χ4v) is 16.0. The first kappa shape index (κ1) is 47.0. The largest absolute Gasteiger partial charge is 0.176 e. The summed E-state index contributed by atoms with van der Waals surface area (Å²) in [6, 6.07) is 51.5. The molecule has 64 heavy (non-hydrogen) atoms. The fourth-order valence-electron chi connectivity index (χ4n) is 10.3. The van der Waals surface area contributed by atoms with Crippen molar-refractivity contribution in [1.29, 1.82) is 0 Å². The first-order chi connectivity index (χ1) is 30.3. The van der Waals surface area contributed by atoms with E-state index in [2.05, 4.69) is 238 Å². The van der Waals surface area contributed by atoms with Crippen molar-refractivity contribution >= 4 is 23.6 Å². The second-order valence-corrected chi connectivity index (χ2v) is 24.9. The van der Waals surface area contributed by atoms with Crippen LogP contribution in [0, 0.1) is 5.92 Å². The van der Waals surface area contributed by atoms with E-state index in [0.717, 1.165) is 0 Å². The Morgan fingerprint density at radius 3 is 0.812 bits per heavy atom. The summed E-state index contributed by atoms with van der Waals surface area (Å²) in [4.78, 5) is 0. The van der Waals surface area contributed by atoms with Gasteiger partial charge in [0.15, 0.2) is 8.07 Å². The minimum Gasteiger partial charge on any atom is -0.0636 e. The van der Waals surface area contributed by atoms with Crippen molar-refractivity contribution in [3.05, 3.63) is 183 Å². The zero-order chi connectivity index (χ0) is 46.4. The van der Waals surface area contributed by atoms with Gasteiger partial charge in [-0.3, -0.25) is 0 Å². The molecule has 0 aromatic heterocycles. The van der Waals surface area contributed by atoms with Crippen molar-refractivity contribution in [2.24, 2.45) is 5.92 Å². The van der Waals surface area contributed by atoms with Crippen molar-refractivity contribution in [2.75, 3.05) is 0 Å². The lowest BCUT2D eigenvalue weighted by Crippen LogP contribution is -2.69. The van der Waals surface area contributed by atoms with Gasteiger partial charge in [-0.15, -0.1) is 0 Å². The van der Waals surface area contributed by atoms with Crippen LogP contribution in [0.4, 0.5) is 0 Å². The number of hydrogen-bond donors (Lipinski definition) is 0. The minimum atomic E-state index is -3.07. The molecule has 1 heteroatoms. The number of allylic oxidation sites excluding steroid dienone is 4. The van der Waals surface area contributed by atoms with Crippen molar-refractivity contribution < 1.29 is 0 Å². The van der Waals surface area contributed by atoms with Gasteiger partial charge in [-0.05, 0) is 150 Å². The van der Waals surface area contributed by atoms with E-state index in [1.54, 1.807) is 5.20 Å². The predicted molar refractivity (Wildman–Crippen MR) is 285 cm³/mol. The zero-order valence-electron chi connectivity index (χ0n) is 42.2. The molecule has 332 valence electrons. The normalized spacial score (nSPS) is 14.8. The third-order valence-corrected chi connectivity index (χ3v) is 20.0. The van der Waals surface area contributed by atoms with Crippen molar-refractivity contribution in [1.82, 2.24) is 0 Å². The summed E-state index contributed by atoms with van der Waals surface area (Å²) in [7, 11) is -3.07. The van der Waals surface area contributed by atoms with Crippen molar-refractivity contribution in [2.45, 2.75) is 146 Å². The average molecular weight is 861 g/mol. The standard InChI is InChI=1S/C63H76Si/c1-38(2)51-26-52(39(3)4)30-57(29-51)48-20-17-23-60(35-48)64(63-46(15)44(13)45(14)47(63)16,61-24-18-21-49(36-61)58-31-53(40(5)6)27-54(32-58)41(7)8)62-25-19-22-50(37-62)59-33-55(42(9)10)28-56(34-59)43(11)12/h17-43,46H,1-16H3. The molecule has 0 fully saturated rings. The minimum absolute atomic E-state index is 0.299. The first-order valence-corrected chi connectivity index (χ1v) is 26.5. The van der Waals surface area contributed by atoms with Crippen molar-refractivity contribution in [3.63, 3.8) is 0 Å². The van der Waals surface area contributed by atoms with Gasteiger partial charge >= 0.3 is 0 Å². The lowest BCUT2D eigenvalue weighted by molar-refractivity contribution is 0.834. The fraction of sp³-hybridized carbons (Fsp3) is 0.365. The molecule has 6 aromatic rings. The van der Waals surface area contributed by atoms with E-state index < -0.39 is 8.07 Å². The highest BCUT2D eigenvalue weighted by atomic mass is 28.3. The summed E-state index contributed by atoms with van der Waals surface area (Å²) < 4.78 is 0. The van der Waals surface area contributed by atoms with Gasteiger partial charge in [0.05, 0.1) is 0 Å². The molecule has 6 aromatic carbocycles. The number of benzene rings is 6. The maximum absolute atomic E-state index is 3.07. The molecule has 0 bridgehead atoms. The van der Waals surface area contributed by atoms with E-state index >= 15 is 0 Å². The van der Waals surface area contributed by atoms with Crippen LogP contribution < -0.4 is 15.6 Å². The Labute approximate surface area is 390 Å². The van der Waals surface area contributed by atoms with E-state index in [-0.39, 0.29) is 0 Å². The molecule has 0 saturated heterocycles. The highest BCUT2D eigenvalue weighted by Crippen LogP contribution is 2.43. The number of hydrogen-bond acceptors (Lipinski definition) is 0. The molecule has 0 spiro atoms. The molecule has 0 radical (unpaired) electrons. The van der Waals surface area contributed by atoms with Gasteiger partial charge in [-0.1, -0.05) is 234 Å². The summed E-state index contributed by atoms with van der Waals surface area (Å²) in [6.07, 6.45) is 0. The van der Waals surface area contributed by atoms with E-state index in [1.165, 1.54) is 99.0 Å². The van der Waals surface area contributed by atoms with Gasteiger partial charge < -0.3 is 0 Å².